The van der Waals surface area contributed by atoms with Crippen molar-refractivity contribution >= 4 is 0 Å². The Balaban J connectivity index is 2.06. The number of aliphatic hydroxyl groups excluding tert-OH is 1. The summed E-state index contributed by atoms with van der Waals surface area (Å²) in [6, 6.07) is 4.14. The van der Waals surface area contributed by atoms with E-state index in [2.05, 4.69) is 35.9 Å². The number of aliphatic hydroxyl groups is 1. The highest BCUT2D eigenvalue weighted by atomic mass is 16.3. The first-order valence-corrected chi connectivity index (χ1v) is 6.36. The van der Waals surface area contributed by atoms with Crippen LogP contribution in [0.15, 0.2) is 24.5 Å². The first-order chi connectivity index (χ1) is 8.12. The van der Waals surface area contributed by atoms with Gasteiger partial charge in [-0.05, 0) is 50.3 Å². The lowest BCUT2D eigenvalue weighted by Gasteiger charge is -2.45. The Hall–Kier alpha value is -0.930. The van der Waals surface area contributed by atoms with Crippen LogP contribution in [-0.2, 0) is 6.54 Å². The maximum atomic E-state index is 9.31. The number of hydrogen-bond acceptors (Lipinski definition) is 3. The molecule has 2 rings (SSSR count). The molecule has 2 heterocycles. The van der Waals surface area contributed by atoms with Crippen LogP contribution in [0, 0.1) is 5.92 Å². The fourth-order valence-corrected chi connectivity index (χ4v) is 2.50. The van der Waals surface area contributed by atoms with Crippen molar-refractivity contribution in [2.45, 2.75) is 38.8 Å². The van der Waals surface area contributed by atoms with E-state index < -0.39 is 0 Å². The zero-order valence-electron chi connectivity index (χ0n) is 10.8. The van der Waals surface area contributed by atoms with E-state index >= 15 is 0 Å². The number of aromatic nitrogens is 1. The molecule has 1 atom stereocenters. The molecule has 3 heteroatoms. The number of piperidine rings is 1. The average molecular weight is 234 g/mol. The van der Waals surface area contributed by atoms with Gasteiger partial charge in [0.15, 0.2) is 0 Å². The van der Waals surface area contributed by atoms with Crippen LogP contribution in [-0.4, -0.2) is 33.7 Å². The predicted octanol–water partition coefficient (Wildman–Crippen LogP) is 2.06. The molecule has 1 aliphatic heterocycles. The molecule has 1 aromatic heterocycles. The summed E-state index contributed by atoms with van der Waals surface area (Å²) in [6.07, 6.45) is 5.98. The van der Waals surface area contributed by atoms with Gasteiger partial charge in [-0.25, -0.2) is 0 Å². The van der Waals surface area contributed by atoms with E-state index in [-0.39, 0.29) is 5.54 Å². The molecule has 3 nitrogen and oxygen atoms in total. The van der Waals surface area contributed by atoms with Gasteiger partial charge in [-0.2, -0.15) is 0 Å². The van der Waals surface area contributed by atoms with Crippen molar-refractivity contribution in [2.75, 3.05) is 13.2 Å². The fraction of sp³-hybridized carbons (Fsp3) is 0.643. The minimum Gasteiger partial charge on any atom is -0.396 e. The Morgan fingerprint density at radius 3 is 2.76 bits per heavy atom. The molecule has 1 fully saturated rings. The quantitative estimate of drug-likeness (QED) is 0.869. The van der Waals surface area contributed by atoms with Gasteiger partial charge in [0, 0.05) is 37.6 Å². The molecule has 1 aliphatic rings. The lowest BCUT2D eigenvalue weighted by molar-refractivity contribution is 0.0197. The van der Waals surface area contributed by atoms with Gasteiger partial charge in [-0.1, -0.05) is 0 Å². The molecular formula is C14H22N2O. The zero-order chi connectivity index (χ0) is 12.3. The molecular weight excluding hydrogens is 212 g/mol. The normalized spacial score (nSPS) is 24.8. The summed E-state index contributed by atoms with van der Waals surface area (Å²) in [5.74, 6) is 0.435. The summed E-state index contributed by atoms with van der Waals surface area (Å²) >= 11 is 0. The molecule has 0 bridgehead atoms. The number of likely N-dealkylation sites (tertiary alicyclic amines) is 1. The summed E-state index contributed by atoms with van der Waals surface area (Å²) < 4.78 is 0. The van der Waals surface area contributed by atoms with E-state index in [9.17, 15) is 5.11 Å². The van der Waals surface area contributed by atoms with E-state index in [1.165, 1.54) is 5.56 Å². The van der Waals surface area contributed by atoms with Crippen molar-refractivity contribution in [1.29, 1.82) is 0 Å². The maximum Gasteiger partial charge on any atom is 0.0471 e. The molecule has 17 heavy (non-hydrogen) atoms. The summed E-state index contributed by atoms with van der Waals surface area (Å²) in [7, 11) is 0. The molecule has 0 amide bonds. The molecule has 0 spiro atoms. The topological polar surface area (TPSA) is 36.4 Å². The van der Waals surface area contributed by atoms with Crippen molar-refractivity contribution in [1.82, 2.24) is 9.88 Å². The monoisotopic (exact) mass is 234 g/mol. The molecule has 1 N–H and O–H groups in total. The van der Waals surface area contributed by atoms with Crippen molar-refractivity contribution in [2.24, 2.45) is 5.92 Å². The van der Waals surface area contributed by atoms with Gasteiger partial charge in [0.1, 0.15) is 0 Å². The van der Waals surface area contributed by atoms with E-state index in [1.807, 2.05) is 12.4 Å². The van der Waals surface area contributed by atoms with Crippen LogP contribution in [0.2, 0.25) is 0 Å². The van der Waals surface area contributed by atoms with E-state index in [0.717, 1.165) is 25.9 Å². The van der Waals surface area contributed by atoms with Crippen LogP contribution in [0.5, 0.6) is 0 Å². The molecule has 94 valence electrons. The predicted molar refractivity (Wildman–Crippen MR) is 68.5 cm³/mol. The van der Waals surface area contributed by atoms with Gasteiger partial charge < -0.3 is 5.11 Å². The largest absolute Gasteiger partial charge is 0.396 e. The van der Waals surface area contributed by atoms with Gasteiger partial charge >= 0.3 is 0 Å². The molecule has 0 saturated carbocycles. The van der Waals surface area contributed by atoms with Crippen LogP contribution in [0.4, 0.5) is 0 Å². The van der Waals surface area contributed by atoms with Crippen molar-refractivity contribution in [3.63, 3.8) is 0 Å². The highest BCUT2D eigenvalue weighted by Crippen LogP contribution is 2.31. The molecule has 0 aliphatic carbocycles. The van der Waals surface area contributed by atoms with Crippen LogP contribution in [0.3, 0.4) is 0 Å². The van der Waals surface area contributed by atoms with Crippen LogP contribution < -0.4 is 0 Å². The van der Waals surface area contributed by atoms with Crippen LogP contribution in [0.1, 0.15) is 32.3 Å². The summed E-state index contributed by atoms with van der Waals surface area (Å²) in [4.78, 5) is 6.53. The second-order valence-corrected chi connectivity index (χ2v) is 5.64. The van der Waals surface area contributed by atoms with Gasteiger partial charge in [-0.3, -0.25) is 9.88 Å². The van der Waals surface area contributed by atoms with E-state index in [1.54, 1.807) is 0 Å². The highest BCUT2D eigenvalue weighted by molar-refractivity contribution is 5.10. The first kappa shape index (κ1) is 12.5. The maximum absolute atomic E-state index is 9.31. The molecule has 0 aromatic carbocycles. The Morgan fingerprint density at radius 2 is 2.12 bits per heavy atom. The third-order valence-corrected chi connectivity index (χ3v) is 3.88. The van der Waals surface area contributed by atoms with Gasteiger partial charge in [0.2, 0.25) is 0 Å². The third kappa shape index (κ3) is 3.05. The smallest absolute Gasteiger partial charge is 0.0471 e. The molecule has 1 unspecified atom stereocenters. The van der Waals surface area contributed by atoms with Gasteiger partial charge in [0.25, 0.3) is 0 Å². The Kier molecular flexibility index (Phi) is 3.79. The standard InChI is InChI=1S/C14H22N2O/c1-14(2)6-3-13(11-17)10-16(14)9-12-4-7-15-8-5-12/h4-5,7-8,13,17H,3,6,9-11H2,1-2H3. The number of hydrogen-bond donors (Lipinski definition) is 1. The van der Waals surface area contributed by atoms with Gasteiger partial charge in [0.05, 0.1) is 0 Å². The summed E-state index contributed by atoms with van der Waals surface area (Å²) in [5, 5.41) is 9.31. The number of pyridine rings is 1. The first-order valence-electron chi connectivity index (χ1n) is 6.36. The van der Waals surface area contributed by atoms with Crippen molar-refractivity contribution in [3.05, 3.63) is 30.1 Å². The van der Waals surface area contributed by atoms with Gasteiger partial charge in [-0.15, -0.1) is 0 Å². The fourth-order valence-electron chi connectivity index (χ4n) is 2.50. The SMILES string of the molecule is CC1(C)CCC(CO)CN1Cc1ccncc1. The second kappa shape index (κ2) is 5.15. The summed E-state index contributed by atoms with van der Waals surface area (Å²) in [6.45, 7) is 6.84. The van der Waals surface area contributed by atoms with Crippen molar-refractivity contribution < 1.29 is 5.11 Å². The van der Waals surface area contributed by atoms with Crippen LogP contribution >= 0.6 is 0 Å². The molecule has 1 saturated heterocycles. The second-order valence-electron chi connectivity index (χ2n) is 5.64. The Morgan fingerprint density at radius 1 is 1.41 bits per heavy atom. The van der Waals surface area contributed by atoms with Crippen LogP contribution in [0.25, 0.3) is 0 Å². The average Bonchev–Trinajstić information content (AvgIpc) is 2.33. The Bertz CT molecular complexity index is 350. The molecule has 0 radical (unpaired) electrons. The molecule has 1 aromatic rings. The summed E-state index contributed by atoms with van der Waals surface area (Å²) in [5.41, 5.74) is 1.53. The number of rotatable bonds is 3. The lowest BCUT2D eigenvalue weighted by Crippen LogP contribution is -2.50. The van der Waals surface area contributed by atoms with Crippen molar-refractivity contribution in [3.8, 4) is 0 Å². The number of nitrogens with zero attached hydrogens (tertiary/aromatic N) is 2. The Labute approximate surface area is 103 Å². The lowest BCUT2D eigenvalue weighted by atomic mass is 9.85. The van der Waals surface area contributed by atoms with E-state index in [4.69, 9.17) is 0 Å². The highest BCUT2D eigenvalue weighted by Gasteiger charge is 2.33. The third-order valence-electron chi connectivity index (χ3n) is 3.88. The zero-order valence-corrected chi connectivity index (χ0v) is 10.8. The minimum atomic E-state index is 0.231. The minimum absolute atomic E-state index is 0.231. The van der Waals surface area contributed by atoms with E-state index in [0.29, 0.717) is 12.5 Å².